The lowest BCUT2D eigenvalue weighted by Crippen LogP contribution is -2.35. The van der Waals surface area contributed by atoms with Gasteiger partial charge in [0.2, 0.25) is 0 Å². The zero-order valence-corrected chi connectivity index (χ0v) is 19.7. The summed E-state index contributed by atoms with van der Waals surface area (Å²) in [6, 6.07) is 8.05. The minimum atomic E-state index is -3.53. The lowest BCUT2D eigenvalue weighted by molar-refractivity contribution is -0.147. The predicted molar refractivity (Wildman–Crippen MR) is 120 cm³/mol. The van der Waals surface area contributed by atoms with E-state index in [1.807, 2.05) is 0 Å². The third kappa shape index (κ3) is 6.66. The SMILES string of the molecule is O=C(COC(=O)Cc1ccc(S(=O)(=O)N2CCCCC2)s1)NCc1ccc(Cl)cc1Cl. The largest absolute Gasteiger partial charge is 0.455 e. The van der Waals surface area contributed by atoms with Crippen LogP contribution in [-0.2, 0) is 37.3 Å². The molecule has 0 atom stereocenters. The van der Waals surface area contributed by atoms with Crippen molar-refractivity contribution in [1.82, 2.24) is 9.62 Å². The Morgan fingerprint density at radius 3 is 2.55 bits per heavy atom. The van der Waals surface area contributed by atoms with Gasteiger partial charge < -0.3 is 10.1 Å². The number of ether oxygens (including phenoxy) is 1. The highest BCUT2D eigenvalue weighted by atomic mass is 35.5. The molecule has 31 heavy (non-hydrogen) atoms. The van der Waals surface area contributed by atoms with Crippen LogP contribution in [0, 0.1) is 0 Å². The van der Waals surface area contributed by atoms with Crippen molar-refractivity contribution in [3.05, 3.63) is 50.8 Å². The van der Waals surface area contributed by atoms with Gasteiger partial charge in [-0.2, -0.15) is 4.31 Å². The summed E-state index contributed by atoms with van der Waals surface area (Å²) >= 11 is 12.9. The topological polar surface area (TPSA) is 92.8 Å². The molecule has 3 rings (SSSR count). The van der Waals surface area contributed by atoms with Gasteiger partial charge in [0.25, 0.3) is 15.9 Å². The Hall–Kier alpha value is -1.65. The number of amides is 1. The lowest BCUT2D eigenvalue weighted by Gasteiger charge is -2.25. The molecule has 1 fully saturated rings. The fraction of sp³-hybridized carbons (Fsp3) is 0.400. The van der Waals surface area contributed by atoms with Crippen molar-refractivity contribution in [3.63, 3.8) is 0 Å². The molecule has 1 N–H and O–H groups in total. The molecule has 0 saturated carbocycles. The highest BCUT2D eigenvalue weighted by Gasteiger charge is 2.27. The van der Waals surface area contributed by atoms with Crippen LogP contribution >= 0.6 is 34.5 Å². The number of hydrogen-bond donors (Lipinski definition) is 1. The summed E-state index contributed by atoms with van der Waals surface area (Å²) in [5, 5.41) is 3.54. The maximum Gasteiger partial charge on any atom is 0.311 e. The van der Waals surface area contributed by atoms with Gasteiger partial charge in [0.1, 0.15) is 4.21 Å². The Kier molecular flexibility index (Phi) is 8.35. The van der Waals surface area contributed by atoms with Crippen LogP contribution in [0.15, 0.2) is 34.5 Å². The zero-order chi connectivity index (χ0) is 22.4. The van der Waals surface area contributed by atoms with Crippen LogP contribution in [0.3, 0.4) is 0 Å². The monoisotopic (exact) mass is 504 g/mol. The molecule has 1 aromatic heterocycles. The minimum Gasteiger partial charge on any atom is -0.455 e. The summed E-state index contributed by atoms with van der Waals surface area (Å²) < 4.78 is 32.1. The molecule has 168 valence electrons. The quantitative estimate of drug-likeness (QED) is 0.554. The third-order valence-electron chi connectivity index (χ3n) is 4.72. The second-order valence-corrected chi connectivity index (χ2v) is 11.2. The molecule has 1 aliphatic heterocycles. The third-order valence-corrected chi connectivity index (χ3v) is 8.76. The van der Waals surface area contributed by atoms with E-state index in [9.17, 15) is 18.0 Å². The summed E-state index contributed by atoms with van der Waals surface area (Å²) in [6.07, 6.45) is 2.65. The number of thiophene rings is 1. The number of nitrogens with zero attached hydrogens (tertiary/aromatic N) is 1. The van der Waals surface area contributed by atoms with Crippen LogP contribution in [0.5, 0.6) is 0 Å². The predicted octanol–water partition coefficient (Wildman–Crippen LogP) is 3.63. The molecule has 0 aliphatic carbocycles. The van der Waals surface area contributed by atoms with Crippen molar-refractivity contribution in [3.8, 4) is 0 Å². The number of carbonyl (C=O) groups is 2. The number of rotatable bonds is 8. The maximum atomic E-state index is 12.7. The number of sulfonamides is 1. The lowest BCUT2D eigenvalue weighted by atomic mass is 10.2. The van der Waals surface area contributed by atoms with E-state index in [1.54, 1.807) is 24.3 Å². The Balaban J connectivity index is 1.46. The summed E-state index contributed by atoms with van der Waals surface area (Å²) in [7, 11) is -3.53. The first-order valence-corrected chi connectivity index (χ1v) is 12.7. The van der Waals surface area contributed by atoms with Crippen LogP contribution in [0.2, 0.25) is 10.0 Å². The van der Waals surface area contributed by atoms with Crippen molar-refractivity contribution in [2.75, 3.05) is 19.7 Å². The van der Waals surface area contributed by atoms with Gasteiger partial charge in [0.05, 0.1) is 6.42 Å². The number of esters is 1. The summed E-state index contributed by atoms with van der Waals surface area (Å²) in [5.41, 5.74) is 0.687. The highest BCUT2D eigenvalue weighted by Crippen LogP contribution is 2.27. The van der Waals surface area contributed by atoms with E-state index in [1.165, 1.54) is 10.4 Å². The Labute approximate surface area is 195 Å². The Bertz CT molecular complexity index is 1050. The molecule has 7 nitrogen and oxygen atoms in total. The van der Waals surface area contributed by atoms with Crippen LogP contribution in [0.25, 0.3) is 0 Å². The van der Waals surface area contributed by atoms with Gasteiger partial charge in [-0.1, -0.05) is 35.7 Å². The van der Waals surface area contributed by atoms with E-state index in [4.69, 9.17) is 27.9 Å². The smallest absolute Gasteiger partial charge is 0.311 e. The van der Waals surface area contributed by atoms with Gasteiger partial charge >= 0.3 is 5.97 Å². The number of halogens is 2. The van der Waals surface area contributed by atoms with Gasteiger partial charge in [0, 0.05) is 34.6 Å². The average molecular weight is 505 g/mol. The van der Waals surface area contributed by atoms with Crippen molar-refractivity contribution in [2.45, 2.75) is 36.4 Å². The first-order chi connectivity index (χ1) is 14.8. The number of hydrogen-bond acceptors (Lipinski definition) is 6. The van der Waals surface area contributed by atoms with E-state index < -0.39 is 28.5 Å². The molecule has 2 aromatic rings. The fourth-order valence-electron chi connectivity index (χ4n) is 3.07. The molecule has 0 radical (unpaired) electrons. The van der Waals surface area contributed by atoms with Gasteiger partial charge in [-0.25, -0.2) is 8.42 Å². The van der Waals surface area contributed by atoms with Crippen molar-refractivity contribution in [2.24, 2.45) is 0 Å². The molecule has 1 aliphatic rings. The number of piperidine rings is 1. The first kappa shape index (κ1) is 24.0. The van der Waals surface area contributed by atoms with Crippen LogP contribution in [0.1, 0.15) is 29.7 Å². The van der Waals surface area contributed by atoms with Gasteiger partial charge in [-0.3, -0.25) is 9.59 Å². The summed E-state index contributed by atoms with van der Waals surface area (Å²) in [5.74, 6) is -1.08. The van der Waals surface area contributed by atoms with E-state index >= 15 is 0 Å². The number of nitrogens with one attached hydrogen (secondary N) is 1. The molecule has 0 unspecified atom stereocenters. The zero-order valence-electron chi connectivity index (χ0n) is 16.6. The maximum absolute atomic E-state index is 12.7. The van der Waals surface area contributed by atoms with Gasteiger partial charge in [-0.15, -0.1) is 11.3 Å². The number of carbonyl (C=O) groups excluding carboxylic acids is 2. The second-order valence-electron chi connectivity index (χ2n) is 7.04. The standard InChI is InChI=1S/C20H22Cl2N2O5S2/c21-15-5-4-14(17(22)10-15)12-23-18(25)13-29-19(26)11-16-6-7-20(30-16)31(27,28)24-8-2-1-3-9-24/h4-7,10H,1-3,8-9,11-13H2,(H,23,25). The van der Waals surface area contributed by atoms with Gasteiger partial charge in [-0.05, 0) is 42.7 Å². The molecule has 1 aromatic carbocycles. The molecule has 11 heteroatoms. The fourth-order valence-corrected chi connectivity index (χ4v) is 6.56. The Morgan fingerprint density at radius 2 is 1.84 bits per heavy atom. The normalized spacial score (nSPS) is 14.9. The van der Waals surface area contributed by atoms with Crippen molar-refractivity contribution >= 4 is 56.4 Å². The molecule has 1 saturated heterocycles. The average Bonchev–Trinajstić information content (AvgIpc) is 3.21. The summed E-state index contributed by atoms with van der Waals surface area (Å²) in [6.45, 7) is 0.783. The van der Waals surface area contributed by atoms with E-state index in [2.05, 4.69) is 5.32 Å². The van der Waals surface area contributed by atoms with Crippen molar-refractivity contribution in [1.29, 1.82) is 0 Å². The molecule has 0 bridgehead atoms. The van der Waals surface area contributed by atoms with E-state index in [0.29, 0.717) is 33.6 Å². The number of benzene rings is 1. The van der Waals surface area contributed by atoms with Crippen molar-refractivity contribution < 1.29 is 22.7 Å². The molecular weight excluding hydrogens is 483 g/mol. The minimum absolute atomic E-state index is 0.101. The Morgan fingerprint density at radius 1 is 1.10 bits per heavy atom. The molecular formula is C20H22Cl2N2O5S2. The van der Waals surface area contributed by atoms with E-state index in [-0.39, 0.29) is 17.2 Å². The van der Waals surface area contributed by atoms with Crippen LogP contribution in [0.4, 0.5) is 0 Å². The first-order valence-electron chi connectivity index (χ1n) is 9.71. The molecule has 1 amide bonds. The summed E-state index contributed by atoms with van der Waals surface area (Å²) in [4.78, 5) is 24.5. The van der Waals surface area contributed by atoms with E-state index in [0.717, 1.165) is 30.6 Å². The highest BCUT2D eigenvalue weighted by molar-refractivity contribution is 7.91. The molecule has 2 heterocycles. The van der Waals surface area contributed by atoms with Crippen LogP contribution < -0.4 is 5.32 Å². The van der Waals surface area contributed by atoms with Gasteiger partial charge in [0.15, 0.2) is 6.61 Å². The van der Waals surface area contributed by atoms with Crippen LogP contribution in [-0.4, -0.2) is 44.3 Å². The second kappa shape index (κ2) is 10.8. The molecule has 0 spiro atoms.